The molecule has 0 unspecified atom stereocenters. The first-order valence-corrected chi connectivity index (χ1v) is 4.71. The van der Waals surface area contributed by atoms with Crippen molar-refractivity contribution >= 4 is 40.9 Å². The zero-order chi connectivity index (χ0) is 8.97. The molecule has 0 aliphatic heterocycles. The fraction of sp³-hybridized carbons (Fsp3) is 0.111. The Labute approximate surface area is 86.7 Å². The minimum atomic E-state index is 0.460. The van der Waals surface area contributed by atoms with Crippen LogP contribution < -0.4 is 0 Å². The lowest BCUT2D eigenvalue weighted by molar-refractivity contribution is 1.64. The molecule has 0 saturated heterocycles. The van der Waals surface area contributed by atoms with Gasteiger partial charge in [0, 0.05) is 21.5 Å². The van der Waals surface area contributed by atoms with Crippen LogP contribution in [0.15, 0.2) is 24.3 Å². The molecule has 0 fully saturated rings. The van der Waals surface area contributed by atoms with Gasteiger partial charge in [-0.05, 0) is 12.1 Å². The number of allylic oxidation sites excluding steroid dienone is 1. The van der Waals surface area contributed by atoms with Crippen LogP contribution >= 0.6 is 34.8 Å². The van der Waals surface area contributed by atoms with E-state index >= 15 is 0 Å². The first-order chi connectivity index (χ1) is 5.75. The topological polar surface area (TPSA) is 0 Å². The number of benzene rings is 1. The lowest BCUT2D eigenvalue weighted by Gasteiger charge is -1.99. The van der Waals surface area contributed by atoms with Gasteiger partial charge >= 0.3 is 0 Å². The molecule has 3 heteroatoms. The molecular formula is C9H7Cl3. The second-order valence-corrected chi connectivity index (χ2v) is 3.32. The van der Waals surface area contributed by atoms with E-state index in [4.69, 9.17) is 34.8 Å². The van der Waals surface area contributed by atoms with Crippen molar-refractivity contribution in [1.29, 1.82) is 0 Å². The highest BCUT2D eigenvalue weighted by molar-refractivity contribution is 6.37. The fourth-order valence-electron chi connectivity index (χ4n) is 0.832. The SMILES string of the molecule is ClC/C=C/c1c(Cl)cccc1Cl. The monoisotopic (exact) mass is 220 g/mol. The zero-order valence-electron chi connectivity index (χ0n) is 6.23. The van der Waals surface area contributed by atoms with Gasteiger partial charge in [0.25, 0.3) is 0 Å². The second kappa shape index (κ2) is 4.76. The van der Waals surface area contributed by atoms with Crippen molar-refractivity contribution in [2.75, 3.05) is 5.88 Å². The van der Waals surface area contributed by atoms with Crippen LogP contribution in [0.3, 0.4) is 0 Å². The van der Waals surface area contributed by atoms with Crippen molar-refractivity contribution in [3.63, 3.8) is 0 Å². The molecular weight excluding hydrogens is 214 g/mol. The Morgan fingerprint density at radius 2 is 1.75 bits per heavy atom. The lowest BCUT2D eigenvalue weighted by Crippen LogP contribution is -1.76. The largest absolute Gasteiger partial charge is 0.122 e. The van der Waals surface area contributed by atoms with Gasteiger partial charge in [-0.2, -0.15) is 0 Å². The van der Waals surface area contributed by atoms with Crippen LogP contribution in [0.2, 0.25) is 10.0 Å². The summed E-state index contributed by atoms with van der Waals surface area (Å²) in [5.41, 5.74) is 0.821. The average Bonchev–Trinajstić information content (AvgIpc) is 2.04. The maximum Gasteiger partial charge on any atom is 0.0493 e. The van der Waals surface area contributed by atoms with Crippen molar-refractivity contribution in [3.05, 3.63) is 39.9 Å². The Balaban J connectivity index is 3.04. The second-order valence-electron chi connectivity index (χ2n) is 2.19. The van der Waals surface area contributed by atoms with Gasteiger partial charge in [0.15, 0.2) is 0 Å². The maximum atomic E-state index is 5.89. The molecule has 0 atom stereocenters. The summed E-state index contributed by atoms with van der Waals surface area (Å²) >= 11 is 17.3. The van der Waals surface area contributed by atoms with Crippen LogP contribution in [-0.2, 0) is 0 Å². The third kappa shape index (κ3) is 2.41. The number of alkyl halides is 1. The molecule has 0 radical (unpaired) electrons. The van der Waals surface area contributed by atoms with E-state index in [1.807, 2.05) is 12.1 Å². The smallest absolute Gasteiger partial charge is 0.0493 e. The molecule has 0 saturated carbocycles. The molecule has 0 aromatic heterocycles. The van der Waals surface area contributed by atoms with E-state index in [1.54, 1.807) is 18.2 Å². The first kappa shape index (κ1) is 9.91. The van der Waals surface area contributed by atoms with Gasteiger partial charge in [0.2, 0.25) is 0 Å². The van der Waals surface area contributed by atoms with E-state index in [2.05, 4.69) is 0 Å². The summed E-state index contributed by atoms with van der Waals surface area (Å²) in [6.07, 6.45) is 3.62. The normalized spacial score (nSPS) is 10.9. The summed E-state index contributed by atoms with van der Waals surface area (Å²) in [6.45, 7) is 0. The zero-order valence-corrected chi connectivity index (χ0v) is 8.50. The van der Waals surface area contributed by atoms with E-state index in [9.17, 15) is 0 Å². The Kier molecular flexibility index (Phi) is 3.93. The summed E-state index contributed by atoms with van der Waals surface area (Å²) in [6, 6.07) is 5.39. The van der Waals surface area contributed by atoms with E-state index in [0.717, 1.165) is 5.56 Å². The van der Waals surface area contributed by atoms with Gasteiger partial charge in [-0.15, -0.1) is 11.6 Å². The standard InChI is InChI=1S/C9H7Cl3/c10-6-2-3-7-8(11)4-1-5-9(7)12/h1-5H,6H2/b3-2+. The molecule has 0 bridgehead atoms. The highest BCUT2D eigenvalue weighted by Crippen LogP contribution is 2.25. The van der Waals surface area contributed by atoms with Crippen LogP contribution in [0.4, 0.5) is 0 Å². The van der Waals surface area contributed by atoms with Crippen molar-refractivity contribution < 1.29 is 0 Å². The molecule has 0 spiro atoms. The van der Waals surface area contributed by atoms with Gasteiger partial charge < -0.3 is 0 Å². The van der Waals surface area contributed by atoms with E-state index < -0.39 is 0 Å². The molecule has 0 nitrogen and oxygen atoms in total. The minimum absolute atomic E-state index is 0.460. The van der Waals surface area contributed by atoms with Gasteiger partial charge in [-0.25, -0.2) is 0 Å². The number of halogens is 3. The minimum Gasteiger partial charge on any atom is -0.122 e. The predicted molar refractivity (Wildman–Crippen MR) is 56.2 cm³/mol. The Morgan fingerprint density at radius 1 is 1.17 bits per heavy atom. The van der Waals surface area contributed by atoms with Crippen LogP contribution in [0.1, 0.15) is 5.56 Å². The molecule has 64 valence electrons. The van der Waals surface area contributed by atoms with Gasteiger partial charge in [-0.1, -0.05) is 41.4 Å². The van der Waals surface area contributed by atoms with E-state index in [0.29, 0.717) is 15.9 Å². The highest BCUT2D eigenvalue weighted by atomic mass is 35.5. The van der Waals surface area contributed by atoms with Crippen LogP contribution in [-0.4, -0.2) is 5.88 Å². The molecule has 1 aromatic carbocycles. The number of hydrogen-bond acceptors (Lipinski definition) is 0. The maximum absolute atomic E-state index is 5.89. The van der Waals surface area contributed by atoms with Crippen molar-refractivity contribution in [1.82, 2.24) is 0 Å². The first-order valence-electron chi connectivity index (χ1n) is 3.42. The van der Waals surface area contributed by atoms with Gasteiger partial charge in [-0.3, -0.25) is 0 Å². The Hall–Kier alpha value is -0.170. The molecule has 0 aliphatic rings. The number of rotatable bonds is 2. The van der Waals surface area contributed by atoms with Crippen molar-refractivity contribution in [2.24, 2.45) is 0 Å². The predicted octanol–water partition coefficient (Wildman–Crippen LogP) is 4.25. The quantitative estimate of drug-likeness (QED) is 0.655. The molecule has 0 amide bonds. The van der Waals surface area contributed by atoms with E-state index in [-0.39, 0.29) is 0 Å². The summed E-state index contributed by atoms with van der Waals surface area (Å²) in [5.74, 6) is 0.460. The molecule has 0 N–H and O–H groups in total. The lowest BCUT2D eigenvalue weighted by atomic mass is 10.2. The summed E-state index contributed by atoms with van der Waals surface area (Å²) in [7, 11) is 0. The molecule has 1 aromatic rings. The highest BCUT2D eigenvalue weighted by Gasteiger charge is 1.99. The Morgan fingerprint density at radius 3 is 2.25 bits per heavy atom. The average molecular weight is 222 g/mol. The third-order valence-corrected chi connectivity index (χ3v) is 2.21. The van der Waals surface area contributed by atoms with Gasteiger partial charge in [0.05, 0.1) is 0 Å². The summed E-state index contributed by atoms with van der Waals surface area (Å²) in [5, 5.41) is 1.28. The fourth-order valence-corrected chi connectivity index (χ4v) is 1.44. The van der Waals surface area contributed by atoms with Crippen LogP contribution in [0, 0.1) is 0 Å². The van der Waals surface area contributed by atoms with Gasteiger partial charge in [0.1, 0.15) is 0 Å². The van der Waals surface area contributed by atoms with Crippen molar-refractivity contribution in [3.8, 4) is 0 Å². The number of hydrogen-bond donors (Lipinski definition) is 0. The molecule has 0 heterocycles. The summed E-state index contributed by atoms with van der Waals surface area (Å²) < 4.78 is 0. The summed E-state index contributed by atoms with van der Waals surface area (Å²) in [4.78, 5) is 0. The third-order valence-electron chi connectivity index (χ3n) is 1.37. The molecule has 0 aliphatic carbocycles. The van der Waals surface area contributed by atoms with Crippen LogP contribution in [0.25, 0.3) is 6.08 Å². The molecule has 12 heavy (non-hydrogen) atoms. The van der Waals surface area contributed by atoms with Crippen LogP contribution in [0.5, 0.6) is 0 Å². The molecule has 1 rings (SSSR count). The Bertz CT molecular complexity index is 272. The van der Waals surface area contributed by atoms with Crippen molar-refractivity contribution in [2.45, 2.75) is 0 Å². The van der Waals surface area contributed by atoms with E-state index in [1.165, 1.54) is 0 Å².